The summed E-state index contributed by atoms with van der Waals surface area (Å²) in [6, 6.07) is 0.919. The normalized spacial score (nSPS) is 38.4. The second kappa shape index (κ2) is 5.31. The molecule has 1 unspecified atom stereocenters. The van der Waals surface area contributed by atoms with Gasteiger partial charge in [0.05, 0.1) is 0 Å². The molecule has 0 bridgehead atoms. The minimum Gasteiger partial charge on any atom is -0.319 e. The third-order valence-corrected chi connectivity index (χ3v) is 4.31. The number of rotatable bonds is 3. The van der Waals surface area contributed by atoms with E-state index in [-0.39, 0.29) is 0 Å². The van der Waals surface area contributed by atoms with Crippen LogP contribution in [0.3, 0.4) is 0 Å². The Balaban J connectivity index is 1.75. The molecule has 1 atom stereocenters. The molecule has 2 rings (SSSR count). The predicted molar refractivity (Wildman–Crippen MR) is 65.0 cm³/mol. The molecular formula is C13H26N2. The average Bonchev–Trinajstić information content (AvgIpc) is 2.68. The molecule has 88 valence electrons. The van der Waals surface area contributed by atoms with E-state index in [9.17, 15) is 0 Å². The standard InChI is InChI=1S/C13H26N2/c1-11-3-5-13(6-4-11)15-8-7-12(10-15)9-14-2/h11-14H,3-10H2,1-2H3. The van der Waals surface area contributed by atoms with E-state index in [1.165, 1.54) is 51.7 Å². The largest absolute Gasteiger partial charge is 0.319 e. The molecule has 15 heavy (non-hydrogen) atoms. The summed E-state index contributed by atoms with van der Waals surface area (Å²) >= 11 is 0. The molecule has 1 heterocycles. The molecule has 0 aromatic rings. The van der Waals surface area contributed by atoms with E-state index < -0.39 is 0 Å². The van der Waals surface area contributed by atoms with Crippen molar-refractivity contribution in [2.75, 3.05) is 26.7 Å². The molecule has 2 aliphatic rings. The fourth-order valence-electron chi connectivity index (χ4n) is 3.26. The van der Waals surface area contributed by atoms with Crippen LogP contribution in [-0.2, 0) is 0 Å². The van der Waals surface area contributed by atoms with E-state index >= 15 is 0 Å². The first-order chi connectivity index (χ1) is 7.29. The lowest BCUT2D eigenvalue weighted by atomic mass is 9.87. The molecule has 0 aromatic carbocycles. The van der Waals surface area contributed by atoms with E-state index in [0.717, 1.165) is 17.9 Å². The first kappa shape index (κ1) is 11.4. The lowest BCUT2D eigenvalue weighted by Gasteiger charge is -2.33. The van der Waals surface area contributed by atoms with E-state index in [4.69, 9.17) is 0 Å². The third kappa shape index (κ3) is 2.94. The Morgan fingerprint density at radius 2 is 1.87 bits per heavy atom. The van der Waals surface area contributed by atoms with E-state index in [1.807, 2.05) is 0 Å². The van der Waals surface area contributed by atoms with Gasteiger partial charge in [-0.05, 0) is 64.1 Å². The van der Waals surface area contributed by atoms with Crippen molar-refractivity contribution in [3.8, 4) is 0 Å². The lowest BCUT2D eigenvalue weighted by molar-refractivity contribution is 0.164. The summed E-state index contributed by atoms with van der Waals surface area (Å²) in [5, 5.41) is 3.31. The Hall–Kier alpha value is -0.0800. The maximum Gasteiger partial charge on any atom is 0.00955 e. The molecule has 0 spiro atoms. The van der Waals surface area contributed by atoms with Crippen LogP contribution in [0.25, 0.3) is 0 Å². The fourth-order valence-corrected chi connectivity index (χ4v) is 3.26. The smallest absolute Gasteiger partial charge is 0.00955 e. The number of likely N-dealkylation sites (tertiary alicyclic amines) is 1. The Morgan fingerprint density at radius 1 is 1.13 bits per heavy atom. The van der Waals surface area contributed by atoms with Gasteiger partial charge in [-0.3, -0.25) is 0 Å². The van der Waals surface area contributed by atoms with Crippen molar-refractivity contribution in [1.82, 2.24) is 10.2 Å². The van der Waals surface area contributed by atoms with Gasteiger partial charge in [-0.1, -0.05) is 6.92 Å². The Labute approximate surface area is 94.4 Å². The maximum atomic E-state index is 3.31. The van der Waals surface area contributed by atoms with Crippen LogP contribution >= 0.6 is 0 Å². The van der Waals surface area contributed by atoms with Crippen LogP contribution in [0.1, 0.15) is 39.0 Å². The predicted octanol–water partition coefficient (Wildman–Crippen LogP) is 2.11. The molecule has 0 aromatic heterocycles. The van der Waals surface area contributed by atoms with Gasteiger partial charge in [-0.15, -0.1) is 0 Å². The number of nitrogens with zero attached hydrogens (tertiary/aromatic N) is 1. The molecule has 0 amide bonds. The van der Waals surface area contributed by atoms with Crippen molar-refractivity contribution in [3.05, 3.63) is 0 Å². The summed E-state index contributed by atoms with van der Waals surface area (Å²) < 4.78 is 0. The van der Waals surface area contributed by atoms with Crippen molar-refractivity contribution in [1.29, 1.82) is 0 Å². The van der Waals surface area contributed by atoms with Crippen LogP contribution in [0.2, 0.25) is 0 Å². The van der Waals surface area contributed by atoms with Gasteiger partial charge in [-0.25, -0.2) is 0 Å². The molecule has 1 N–H and O–H groups in total. The fraction of sp³-hybridized carbons (Fsp3) is 1.00. The van der Waals surface area contributed by atoms with Gasteiger partial charge in [0.15, 0.2) is 0 Å². The SMILES string of the molecule is CNCC1CCN(C2CCC(C)CC2)C1. The van der Waals surface area contributed by atoms with Crippen LogP contribution in [0, 0.1) is 11.8 Å². The second-order valence-corrected chi connectivity index (χ2v) is 5.62. The summed E-state index contributed by atoms with van der Waals surface area (Å²) in [7, 11) is 2.07. The van der Waals surface area contributed by atoms with Gasteiger partial charge in [0.25, 0.3) is 0 Å². The van der Waals surface area contributed by atoms with Gasteiger partial charge in [0.2, 0.25) is 0 Å². The molecule has 1 aliphatic carbocycles. The summed E-state index contributed by atoms with van der Waals surface area (Å²) in [5.41, 5.74) is 0. The average molecular weight is 210 g/mol. The first-order valence-corrected chi connectivity index (χ1v) is 6.68. The minimum absolute atomic E-state index is 0.911. The summed E-state index contributed by atoms with van der Waals surface area (Å²) in [4.78, 5) is 2.76. The highest BCUT2D eigenvalue weighted by Gasteiger charge is 2.29. The molecular weight excluding hydrogens is 184 g/mol. The lowest BCUT2D eigenvalue weighted by Crippen LogP contribution is -2.36. The van der Waals surface area contributed by atoms with E-state index in [1.54, 1.807) is 0 Å². The molecule has 1 saturated carbocycles. The zero-order valence-corrected chi connectivity index (χ0v) is 10.3. The number of hydrogen-bond acceptors (Lipinski definition) is 2. The highest BCUT2D eigenvalue weighted by molar-refractivity contribution is 4.84. The zero-order valence-electron chi connectivity index (χ0n) is 10.3. The van der Waals surface area contributed by atoms with Gasteiger partial charge in [0, 0.05) is 12.6 Å². The zero-order chi connectivity index (χ0) is 10.7. The van der Waals surface area contributed by atoms with E-state index in [0.29, 0.717) is 0 Å². The highest BCUT2D eigenvalue weighted by Crippen LogP contribution is 2.30. The van der Waals surface area contributed by atoms with Crippen LogP contribution in [0.5, 0.6) is 0 Å². The van der Waals surface area contributed by atoms with Gasteiger partial charge < -0.3 is 10.2 Å². The van der Waals surface area contributed by atoms with Crippen molar-refractivity contribution in [2.45, 2.75) is 45.1 Å². The van der Waals surface area contributed by atoms with E-state index in [2.05, 4.69) is 24.2 Å². The van der Waals surface area contributed by atoms with Gasteiger partial charge in [-0.2, -0.15) is 0 Å². The van der Waals surface area contributed by atoms with Gasteiger partial charge >= 0.3 is 0 Å². The monoisotopic (exact) mass is 210 g/mol. The Morgan fingerprint density at radius 3 is 2.53 bits per heavy atom. The summed E-state index contributed by atoms with van der Waals surface area (Å²) in [5.74, 6) is 1.89. The van der Waals surface area contributed by atoms with Gasteiger partial charge in [0.1, 0.15) is 0 Å². The molecule has 1 aliphatic heterocycles. The maximum absolute atomic E-state index is 3.31. The molecule has 2 fully saturated rings. The topological polar surface area (TPSA) is 15.3 Å². The van der Waals surface area contributed by atoms with Crippen molar-refractivity contribution in [2.24, 2.45) is 11.8 Å². The second-order valence-electron chi connectivity index (χ2n) is 5.62. The molecule has 2 nitrogen and oxygen atoms in total. The Bertz CT molecular complexity index is 185. The first-order valence-electron chi connectivity index (χ1n) is 6.68. The summed E-state index contributed by atoms with van der Waals surface area (Å²) in [6.07, 6.45) is 7.23. The number of hydrogen-bond donors (Lipinski definition) is 1. The minimum atomic E-state index is 0.911. The third-order valence-electron chi connectivity index (χ3n) is 4.31. The van der Waals surface area contributed by atoms with Crippen molar-refractivity contribution < 1.29 is 0 Å². The van der Waals surface area contributed by atoms with Crippen LogP contribution in [-0.4, -0.2) is 37.6 Å². The molecule has 2 heteroatoms. The van der Waals surface area contributed by atoms with Crippen molar-refractivity contribution in [3.63, 3.8) is 0 Å². The quantitative estimate of drug-likeness (QED) is 0.767. The van der Waals surface area contributed by atoms with Crippen LogP contribution in [0.4, 0.5) is 0 Å². The summed E-state index contributed by atoms with van der Waals surface area (Å²) in [6.45, 7) is 6.31. The Kier molecular flexibility index (Phi) is 4.04. The van der Waals surface area contributed by atoms with Crippen LogP contribution in [0.15, 0.2) is 0 Å². The molecule has 0 radical (unpaired) electrons. The highest BCUT2D eigenvalue weighted by atomic mass is 15.2. The van der Waals surface area contributed by atoms with Crippen molar-refractivity contribution >= 4 is 0 Å². The number of nitrogens with one attached hydrogen (secondary N) is 1. The molecule has 1 saturated heterocycles. The van der Waals surface area contributed by atoms with Crippen LogP contribution < -0.4 is 5.32 Å².